The maximum atomic E-state index is 14.1. The van der Waals surface area contributed by atoms with Gasteiger partial charge in [-0.15, -0.1) is 0 Å². The lowest BCUT2D eigenvalue weighted by Gasteiger charge is -2.27. The first-order valence-electron chi connectivity index (χ1n) is 10.7. The number of halogens is 1. The van der Waals surface area contributed by atoms with Crippen LogP contribution in [0.5, 0.6) is 5.75 Å². The lowest BCUT2D eigenvalue weighted by Crippen LogP contribution is -2.32. The van der Waals surface area contributed by atoms with E-state index in [0.717, 1.165) is 0 Å². The molecule has 0 aliphatic rings. The number of sulfonamides is 1. The van der Waals surface area contributed by atoms with Gasteiger partial charge >= 0.3 is 5.97 Å². The molecule has 2 heterocycles. The summed E-state index contributed by atoms with van der Waals surface area (Å²) in [6, 6.07) is 14.9. The Bertz CT molecular complexity index is 1460. The van der Waals surface area contributed by atoms with Crippen LogP contribution in [0.25, 0.3) is 10.9 Å². The van der Waals surface area contributed by atoms with E-state index in [1.54, 1.807) is 61.8 Å². The van der Waals surface area contributed by atoms with Gasteiger partial charge in [0.1, 0.15) is 11.3 Å². The highest BCUT2D eigenvalue weighted by Gasteiger charge is 2.31. The molecule has 0 aliphatic carbocycles. The molecule has 8 nitrogen and oxygen atoms in total. The molecule has 0 fully saturated rings. The van der Waals surface area contributed by atoms with Crippen LogP contribution in [0.15, 0.2) is 82.6 Å². The Labute approximate surface area is 211 Å². The molecular formula is C25H22BrN3O5S. The van der Waals surface area contributed by atoms with E-state index < -0.39 is 16.0 Å². The normalized spacial score (nSPS) is 11.3. The van der Waals surface area contributed by atoms with Crippen LogP contribution in [0.2, 0.25) is 0 Å². The minimum atomic E-state index is -4.15. The topological polar surface area (TPSA) is 98.7 Å². The van der Waals surface area contributed by atoms with Crippen molar-refractivity contribution in [3.8, 4) is 5.75 Å². The number of benzene rings is 2. The van der Waals surface area contributed by atoms with Gasteiger partial charge in [-0.25, -0.2) is 13.2 Å². The molecule has 10 heteroatoms. The first kappa shape index (κ1) is 24.6. The predicted octanol–water partition coefficient (Wildman–Crippen LogP) is 4.97. The molecule has 0 spiro atoms. The van der Waals surface area contributed by atoms with Crippen LogP contribution in [-0.2, 0) is 21.3 Å². The molecule has 0 radical (unpaired) electrons. The van der Waals surface area contributed by atoms with Crippen LogP contribution < -0.4 is 9.04 Å². The molecule has 180 valence electrons. The summed E-state index contributed by atoms with van der Waals surface area (Å²) < 4.78 is 40.5. The second-order valence-electron chi connectivity index (χ2n) is 7.43. The van der Waals surface area contributed by atoms with Crippen LogP contribution in [0.3, 0.4) is 0 Å². The molecule has 0 saturated carbocycles. The Hall–Kier alpha value is -3.50. The first-order chi connectivity index (χ1) is 16.9. The molecule has 0 saturated heterocycles. The Morgan fingerprint density at radius 1 is 1.06 bits per heavy atom. The largest absolute Gasteiger partial charge is 0.497 e. The van der Waals surface area contributed by atoms with Crippen molar-refractivity contribution < 1.29 is 22.7 Å². The fraction of sp³-hybridized carbons (Fsp3) is 0.160. The Morgan fingerprint density at radius 2 is 1.83 bits per heavy atom. The van der Waals surface area contributed by atoms with Crippen LogP contribution in [0.4, 0.5) is 5.69 Å². The van der Waals surface area contributed by atoms with E-state index in [-0.39, 0.29) is 29.3 Å². The van der Waals surface area contributed by atoms with Gasteiger partial charge in [0.2, 0.25) is 0 Å². The van der Waals surface area contributed by atoms with Crippen molar-refractivity contribution in [1.29, 1.82) is 0 Å². The standard InChI is InChI=1S/C25H22BrN3O5S/c1-3-34-25(30)21-15-28-23-20(7-4-8-22(23)26)24(21)29(16-17-6-5-13-27-14-17)35(31,32)19-11-9-18(33-2)10-12-19/h4-15H,3,16H2,1-2H3. The summed E-state index contributed by atoms with van der Waals surface area (Å²) in [5, 5.41) is 0.478. The summed E-state index contributed by atoms with van der Waals surface area (Å²) >= 11 is 3.48. The van der Waals surface area contributed by atoms with Crippen molar-refractivity contribution >= 4 is 48.5 Å². The van der Waals surface area contributed by atoms with E-state index >= 15 is 0 Å². The number of nitrogens with zero attached hydrogens (tertiary/aromatic N) is 3. The number of rotatable bonds is 8. The number of para-hydroxylation sites is 1. The number of methoxy groups -OCH3 is 1. The zero-order valence-electron chi connectivity index (χ0n) is 19.0. The Balaban J connectivity index is 2.01. The zero-order valence-corrected chi connectivity index (χ0v) is 21.4. The third kappa shape index (κ3) is 4.98. The molecule has 0 aliphatic heterocycles. The lowest BCUT2D eigenvalue weighted by molar-refractivity contribution is 0.0527. The first-order valence-corrected chi connectivity index (χ1v) is 12.9. The highest BCUT2D eigenvalue weighted by Crippen LogP contribution is 2.37. The molecule has 0 amide bonds. The number of anilines is 1. The van der Waals surface area contributed by atoms with Crippen molar-refractivity contribution in [3.63, 3.8) is 0 Å². The van der Waals surface area contributed by atoms with E-state index in [9.17, 15) is 13.2 Å². The van der Waals surface area contributed by atoms with Gasteiger partial charge in [-0.1, -0.05) is 18.2 Å². The van der Waals surface area contributed by atoms with Gasteiger partial charge in [-0.05, 0) is 64.8 Å². The number of hydrogen-bond donors (Lipinski definition) is 0. The summed E-state index contributed by atoms with van der Waals surface area (Å²) in [5.74, 6) is -0.147. The van der Waals surface area contributed by atoms with Crippen molar-refractivity contribution in [1.82, 2.24) is 9.97 Å². The third-order valence-electron chi connectivity index (χ3n) is 5.26. The number of ether oxygens (including phenoxy) is 2. The second kappa shape index (κ2) is 10.4. The predicted molar refractivity (Wildman–Crippen MR) is 136 cm³/mol. The quantitative estimate of drug-likeness (QED) is 0.283. The monoisotopic (exact) mass is 555 g/mol. The SMILES string of the molecule is CCOC(=O)c1cnc2c(Br)cccc2c1N(Cc1cccnc1)S(=O)(=O)c1ccc(OC)cc1. The van der Waals surface area contributed by atoms with Gasteiger partial charge in [0.15, 0.2) is 0 Å². The fourth-order valence-corrected chi connectivity index (χ4v) is 5.58. The second-order valence-corrected chi connectivity index (χ2v) is 10.1. The average molecular weight is 556 g/mol. The van der Waals surface area contributed by atoms with E-state index in [4.69, 9.17) is 9.47 Å². The number of esters is 1. The number of aromatic nitrogens is 2. The molecule has 35 heavy (non-hydrogen) atoms. The molecular weight excluding hydrogens is 534 g/mol. The minimum Gasteiger partial charge on any atom is -0.497 e. The van der Waals surface area contributed by atoms with Gasteiger partial charge in [0, 0.05) is 28.4 Å². The summed E-state index contributed by atoms with van der Waals surface area (Å²) in [4.78, 5) is 21.5. The summed E-state index contributed by atoms with van der Waals surface area (Å²) in [5.41, 5.74) is 1.36. The Kier molecular flexibility index (Phi) is 7.32. The number of pyridine rings is 2. The molecule has 4 aromatic rings. The van der Waals surface area contributed by atoms with Gasteiger partial charge in [-0.3, -0.25) is 14.3 Å². The highest BCUT2D eigenvalue weighted by atomic mass is 79.9. The summed E-state index contributed by atoms with van der Waals surface area (Å²) in [6.45, 7) is 1.74. The molecule has 2 aromatic carbocycles. The Morgan fingerprint density at radius 3 is 2.49 bits per heavy atom. The van der Waals surface area contributed by atoms with E-state index in [0.29, 0.717) is 26.7 Å². The zero-order chi connectivity index (χ0) is 25.0. The number of hydrogen-bond acceptors (Lipinski definition) is 7. The average Bonchev–Trinajstić information content (AvgIpc) is 2.87. The molecule has 0 bridgehead atoms. The third-order valence-corrected chi connectivity index (χ3v) is 7.66. The molecule has 2 aromatic heterocycles. The van der Waals surface area contributed by atoms with Crippen LogP contribution in [0.1, 0.15) is 22.8 Å². The summed E-state index contributed by atoms with van der Waals surface area (Å²) in [7, 11) is -2.65. The maximum Gasteiger partial charge on any atom is 0.341 e. The molecule has 0 unspecified atom stereocenters. The van der Waals surface area contributed by atoms with Crippen LogP contribution in [-0.4, -0.2) is 38.1 Å². The van der Waals surface area contributed by atoms with Crippen molar-refractivity contribution in [2.75, 3.05) is 18.0 Å². The van der Waals surface area contributed by atoms with Gasteiger partial charge in [0.25, 0.3) is 10.0 Å². The van der Waals surface area contributed by atoms with E-state index in [1.807, 2.05) is 0 Å². The highest BCUT2D eigenvalue weighted by molar-refractivity contribution is 9.10. The molecule has 0 atom stereocenters. The maximum absolute atomic E-state index is 14.1. The van der Waals surface area contributed by atoms with Gasteiger partial charge in [-0.2, -0.15) is 0 Å². The van der Waals surface area contributed by atoms with Crippen LogP contribution in [0, 0.1) is 0 Å². The minimum absolute atomic E-state index is 0.0389. The van der Waals surface area contributed by atoms with E-state index in [1.165, 1.54) is 29.7 Å². The van der Waals surface area contributed by atoms with Gasteiger partial charge in [0.05, 0.1) is 36.4 Å². The lowest BCUT2D eigenvalue weighted by atomic mass is 10.1. The van der Waals surface area contributed by atoms with Gasteiger partial charge < -0.3 is 9.47 Å². The van der Waals surface area contributed by atoms with Crippen molar-refractivity contribution in [2.24, 2.45) is 0 Å². The number of carbonyl (C=O) groups is 1. The number of carbonyl (C=O) groups excluding carboxylic acids is 1. The fourth-order valence-electron chi connectivity index (χ4n) is 3.62. The smallest absolute Gasteiger partial charge is 0.341 e. The van der Waals surface area contributed by atoms with Crippen LogP contribution >= 0.6 is 15.9 Å². The van der Waals surface area contributed by atoms with Crippen molar-refractivity contribution in [3.05, 3.63) is 88.8 Å². The summed E-state index contributed by atoms with van der Waals surface area (Å²) in [6.07, 6.45) is 4.54. The number of fused-ring (bicyclic) bond motifs is 1. The molecule has 4 rings (SSSR count). The van der Waals surface area contributed by atoms with E-state index in [2.05, 4.69) is 25.9 Å². The van der Waals surface area contributed by atoms with Crippen molar-refractivity contribution in [2.45, 2.75) is 18.4 Å². The molecule has 0 N–H and O–H groups in total.